The minimum atomic E-state index is -0.603. The van der Waals surface area contributed by atoms with Crippen molar-refractivity contribution in [2.24, 2.45) is 16.9 Å². The summed E-state index contributed by atoms with van der Waals surface area (Å²) in [6.45, 7) is 4.08. The van der Waals surface area contributed by atoms with Gasteiger partial charge in [-0.2, -0.15) is 5.10 Å². The Balaban J connectivity index is 1.42. The first-order valence-electron chi connectivity index (χ1n) is 9.54. The van der Waals surface area contributed by atoms with Gasteiger partial charge in [0.2, 0.25) is 0 Å². The predicted molar refractivity (Wildman–Crippen MR) is 102 cm³/mol. The molecule has 5 nitrogen and oxygen atoms in total. The molecule has 0 N–H and O–H groups in total. The molecule has 0 bridgehead atoms. The summed E-state index contributed by atoms with van der Waals surface area (Å²) in [5.41, 5.74) is 0. The van der Waals surface area contributed by atoms with Crippen molar-refractivity contribution in [2.45, 2.75) is 38.5 Å². The quantitative estimate of drug-likeness (QED) is 0.777. The number of likely N-dealkylation sites (tertiary alicyclic amines) is 1. The molecule has 0 saturated carbocycles. The molecule has 3 aliphatic rings. The SMILES string of the molecule is CC1C(F)=CC(F)=CC1[C@@H]1CC=NN1C(=O)N1C[C@H](Oc2ccccc2)[C@H]1C. The Morgan fingerprint density at radius 3 is 2.68 bits per heavy atom. The van der Waals surface area contributed by atoms with E-state index in [1.165, 1.54) is 11.1 Å². The average Bonchev–Trinajstić information content (AvgIpc) is 3.17. The summed E-state index contributed by atoms with van der Waals surface area (Å²) in [7, 11) is 0. The van der Waals surface area contributed by atoms with E-state index in [0.717, 1.165) is 11.8 Å². The number of rotatable bonds is 3. The minimum Gasteiger partial charge on any atom is -0.486 e. The molecule has 4 rings (SSSR count). The van der Waals surface area contributed by atoms with Crippen molar-refractivity contribution in [1.29, 1.82) is 0 Å². The maximum absolute atomic E-state index is 14.0. The lowest BCUT2D eigenvalue weighted by molar-refractivity contribution is -0.0216. The van der Waals surface area contributed by atoms with Gasteiger partial charge in [0.05, 0.1) is 18.6 Å². The van der Waals surface area contributed by atoms with Crippen molar-refractivity contribution in [1.82, 2.24) is 9.91 Å². The molecule has 7 heteroatoms. The van der Waals surface area contributed by atoms with E-state index in [2.05, 4.69) is 5.10 Å². The van der Waals surface area contributed by atoms with Gasteiger partial charge in [-0.1, -0.05) is 25.1 Å². The third-order valence-corrected chi connectivity index (χ3v) is 5.83. The molecule has 2 aliphatic heterocycles. The molecular formula is C21H23F2N3O2. The van der Waals surface area contributed by atoms with E-state index in [4.69, 9.17) is 4.74 Å². The first-order valence-corrected chi connectivity index (χ1v) is 9.54. The van der Waals surface area contributed by atoms with Gasteiger partial charge < -0.3 is 9.64 Å². The van der Waals surface area contributed by atoms with E-state index >= 15 is 0 Å². The summed E-state index contributed by atoms with van der Waals surface area (Å²) in [6.07, 6.45) is 4.33. The van der Waals surface area contributed by atoms with E-state index in [9.17, 15) is 13.6 Å². The summed E-state index contributed by atoms with van der Waals surface area (Å²) < 4.78 is 33.7. The molecule has 2 amide bonds. The number of benzene rings is 1. The maximum atomic E-state index is 14.0. The Bertz CT molecular complexity index is 839. The second-order valence-electron chi connectivity index (χ2n) is 7.54. The summed E-state index contributed by atoms with van der Waals surface area (Å²) in [5, 5.41) is 5.58. The normalized spacial score (nSPS) is 31.9. The van der Waals surface area contributed by atoms with Crippen LogP contribution >= 0.6 is 0 Å². The molecule has 1 fully saturated rings. The highest BCUT2D eigenvalue weighted by molar-refractivity contribution is 5.79. The Labute approximate surface area is 163 Å². The zero-order chi connectivity index (χ0) is 19.8. The highest BCUT2D eigenvalue weighted by Crippen LogP contribution is 2.37. The molecule has 2 heterocycles. The van der Waals surface area contributed by atoms with Crippen LogP contribution in [0.4, 0.5) is 13.6 Å². The van der Waals surface area contributed by atoms with Crippen LogP contribution in [0.25, 0.3) is 0 Å². The van der Waals surface area contributed by atoms with E-state index in [1.807, 2.05) is 37.3 Å². The van der Waals surface area contributed by atoms with E-state index < -0.39 is 29.5 Å². The fraction of sp³-hybridized carbons (Fsp3) is 0.429. The molecule has 148 valence electrons. The zero-order valence-corrected chi connectivity index (χ0v) is 15.8. The van der Waals surface area contributed by atoms with Crippen LogP contribution in [0.3, 0.4) is 0 Å². The van der Waals surface area contributed by atoms with Crippen LogP contribution in [0.2, 0.25) is 0 Å². The molecule has 1 saturated heterocycles. The molecule has 0 aromatic heterocycles. The van der Waals surface area contributed by atoms with Crippen molar-refractivity contribution in [3.8, 4) is 5.75 Å². The number of urea groups is 1. The number of halogens is 2. The van der Waals surface area contributed by atoms with Crippen LogP contribution in [0.1, 0.15) is 20.3 Å². The lowest BCUT2D eigenvalue weighted by Crippen LogP contribution is -2.65. The summed E-state index contributed by atoms with van der Waals surface area (Å²) in [6, 6.07) is 8.71. The third-order valence-electron chi connectivity index (χ3n) is 5.83. The molecule has 0 spiro atoms. The number of amides is 2. The molecular weight excluding hydrogens is 364 g/mol. The molecule has 1 aromatic carbocycles. The summed E-state index contributed by atoms with van der Waals surface area (Å²) in [5.74, 6) is -1.29. The Morgan fingerprint density at radius 2 is 1.96 bits per heavy atom. The van der Waals surface area contributed by atoms with Crippen LogP contribution in [0.15, 0.2) is 59.2 Å². The average molecular weight is 387 g/mol. The maximum Gasteiger partial charge on any atom is 0.341 e. The monoisotopic (exact) mass is 387 g/mol. The number of carbonyl (C=O) groups excluding carboxylic acids is 1. The summed E-state index contributed by atoms with van der Waals surface area (Å²) >= 11 is 0. The van der Waals surface area contributed by atoms with Gasteiger partial charge >= 0.3 is 6.03 Å². The van der Waals surface area contributed by atoms with Crippen molar-refractivity contribution in [3.63, 3.8) is 0 Å². The Morgan fingerprint density at radius 1 is 1.21 bits per heavy atom. The van der Waals surface area contributed by atoms with Crippen LogP contribution in [0, 0.1) is 11.8 Å². The van der Waals surface area contributed by atoms with E-state index in [-0.39, 0.29) is 18.2 Å². The van der Waals surface area contributed by atoms with Gasteiger partial charge in [-0.3, -0.25) is 0 Å². The number of hydrazone groups is 1. The predicted octanol–water partition coefficient (Wildman–Crippen LogP) is 4.29. The van der Waals surface area contributed by atoms with Crippen molar-refractivity contribution < 1.29 is 18.3 Å². The van der Waals surface area contributed by atoms with Gasteiger partial charge in [0.25, 0.3) is 0 Å². The Hall–Kier alpha value is -2.70. The molecule has 28 heavy (non-hydrogen) atoms. The van der Waals surface area contributed by atoms with E-state index in [1.54, 1.807) is 18.0 Å². The van der Waals surface area contributed by atoms with Gasteiger partial charge in [-0.05, 0) is 25.1 Å². The number of carbonyl (C=O) groups is 1. The molecule has 0 radical (unpaired) electrons. The number of hydrogen-bond donors (Lipinski definition) is 0. The van der Waals surface area contributed by atoms with Crippen LogP contribution in [0.5, 0.6) is 5.75 Å². The summed E-state index contributed by atoms with van der Waals surface area (Å²) in [4.78, 5) is 14.7. The molecule has 2 unspecified atom stereocenters. The second-order valence-corrected chi connectivity index (χ2v) is 7.54. The Kier molecular flexibility index (Phi) is 4.91. The topological polar surface area (TPSA) is 45.1 Å². The van der Waals surface area contributed by atoms with Crippen LogP contribution in [-0.2, 0) is 0 Å². The third kappa shape index (κ3) is 3.30. The fourth-order valence-corrected chi connectivity index (χ4v) is 3.98. The minimum absolute atomic E-state index is 0.0947. The fourth-order valence-electron chi connectivity index (χ4n) is 3.98. The lowest BCUT2D eigenvalue weighted by atomic mass is 9.82. The van der Waals surface area contributed by atoms with Crippen LogP contribution in [-0.4, -0.2) is 46.9 Å². The second kappa shape index (κ2) is 7.37. The van der Waals surface area contributed by atoms with Gasteiger partial charge in [0.1, 0.15) is 23.5 Å². The number of para-hydroxylation sites is 1. The van der Waals surface area contributed by atoms with Gasteiger partial charge in [0.15, 0.2) is 0 Å². The number of nitrogens with zero attached hydrogens (tertiary/aromatic N) is 3. The van der Waals surface area contributed by atoms with Crippen molar-refractivity contribution >= 4 is 12.2 Å². The first-order chi connectivity index (χ1) is 13.5. The number of allylic oxidation sites excluding steroid dienone is 3. The van der Waals surface area contributed by atoms with Gasteiger partial charge in [-0.25, -0.2) is 18.6 Å². The number of ether oxygens (including phenoxy) is 1. The molecule has 5 atom stereocenters. The van der Waals surface area contributed by atoms with Crippen molar-refractivity contribution in [3.05, 3.63) is 54.1 Å². The number of hydrogen-bond acceptors (Lipinski definition) is 3. The lowest BCUT2D eigenvalue weighted by Gasteiger charge is -2.47. The van der Waals surface area contributed by atoms with Crippen LogP contribution < -0.4 is 4.74 Å². The largest absolute Gasteiger partial charge is 0.486 e. The molecule has 1 aromatic rings. The first kappa shape index (κ1) is 18.7. The highest BCUT2D eigenvalue weighted by atomic mass is 19.1. The van der Waals surface area contributed by atoms with E-state index in [0.29, 0.717) is 13.0 Å². The van der Waals surface area contributed by atoms with Gasteiger partial charge in [0, 0.05) is 30.5 Å². The van der Waals surface area contributed by atoms with Gasteiger partial charge in [-0.15, -0.1) is 0 Å². The molecule has 1 aliphatic carbocycles. The standard InChI is InChI=1S/C21H23F2N3O2/c1-13-17(10-15(22)11-18(13)23)19-8-9-24-26(19)21(27)25-12-20(14(25)2)28-16-6-4-3-5-7-16/h3-7,9-11,13-14,17,19-20H,8,12H2,1-2H3/t13?,14-,17?,19+,20+/m1/s1. The highest BCUT2D eigenvalue weighted by Gasteiger charge is 2.46. The smallest absolute Gasteiger partial charge is 0.341 e. The zero-order valence-electron chi connectivity index (χ0n) is 15.8. The van der Waals surface area contributed by atoms with Crippen molar-refractivity contribution in [2.75, 3.05) is 6.54 Å².